The summed E-state index contributed by atoms with van der Waals surface area (Å²) in [7, 11) is 0. The van der Waals surface area contributed by atoms with Gasteiger partial charge in [-0.15, -0.1) is 0 Å². The Morgan fingerprint density at radius 3 is 2.86 bits per heavy atom. The highest BCUT2D eigenvalue weighted by Gasteiger charge is 2.32. The lowest BCUT2D eigenvalue weighted by Crippen LogP contribution is -2.57. The fourth-order valence-corrected chi connectivity index (χ4v) is 4.48. The number of anilines is 3. The summed E-state index contributed by atoms with van der Waals surface area (Å²) in [6.07, 6.45) is 0. The van der Waals surface area contributed by atoms with Crippen molar-refractivity contribution in [3.8, 4) is 17.0 Å². The maximum Gasteiger partial charge on any atom is 0.248 e. The number of aromatic nitrogens is 3. The largest absolute Gasteiger partial charge is 0.491 e. The molecule has 1 unspecified atom stereocenters. The number of pyridine rings is 1. The number of halogens is 2. The lowest BCUT2D eigenvalue weighted by atomic mass is 10.1. The number of nitrogens with two attached hydrogens (primary N) is 1. The number of nitrogens with zero attached hydrogens (tertiary/aromatic N) is 4. The smallest absolute Gasteiger partial charge is 0.248 e. The third-order valence-electron chi connectivity index (χ3n) is 5.98. The molecule has 0 radical (unpaired) electrons. The van der Waals surface area contributed by atoms with E-state index in [1.54, 1.807) is 55.5 Å². The first kappa shape index (κ1) is 24.7. The van der Waals surface area contributed by atoms with Crippen molar-refractivity contribution in [3.05, 3.63) is 65.4 Å². The zero-order valence-corrected chi connectivity index (χ0v) is 20.8. The molecule has 2 aromatic carbocycles. The van der Waals surface area contributed by atoms with Crippen LogP contribution in [0.2, 0.25) is 5.02 Å². The van der Waals surface area contributed by atoms with Crippen molar-refractivity contribution in [2.24, 2.45) is 0 Å². The van der Waals surface area contributed by atoms with E-state index in [0.717, 1.165) is 0 Å². The average Bonchev–Trinajstić information content (AvgIpc) is 2.89. The Balaban J connectivity index is 1.53. The Morgan fingerprint density at radius 2 is 2.08 bits per heavy atom. The number of benzene rings is 2. The van der Waals surface area contributed by atoms with Gasteiger partial charge in [0.2, 0.25) is 11.9 Å². The molecular weight excluding hydrogens is 497 g/mol. The number of amides is 1. The molecule has 2 aromatic heterocycles. The van der Waals surface area contributed by atoms with E-state index in [4.69, 9.17) is 27.1 Å². The standard InChI is InChI=1S/C26H25ClFN7O2/c1-2-37-22-9-6-15(12-18(22)28)19-7-8-20-23(32-19)24(34-26(29)33-20)35-11-10-30-14-21(35)25(36)31-17-5-3-4-16(27)13-17/h3-9,12-13,21,30H,2,10-11,14H2,1H3,(H,31,36)(H2,29,33,34). The fraction of sp³-hybridized carbons (Fsp3) is 0.231. The molecule has 1 fully saturated rings. The van der Waals surface area contributed by atoms with Crippen molar-refractivity contribution in [1.82, 2.24) is 20.3 Å². The predicted octanol–water partition coefficient (Wildman–Crippen LogP) is 3.88. The van der Waals surface area contributed by atoms with Crippen molar-refractivity contribution in [1.29, 1.82) is 0 Å². The highest BCUT2D eigenvalue weighted by molar-refractivity contribution is 6.30. The first-order valence-electron chi connectivity index (χ1n) is 11.8. The number of piperazine rings is 1. The van der Waals surface area contributed by atoms with Crippen LogP contribution < -0.4 is 26.0 Å². The predicted molar refractivity (Wildman–Crippen MR) is 142 cm³/mol. The number of hydrogen-bond acceptors (Lipinski definition) is 8. The summed E-state index contributed by atoms with van der Waals surface area (Å²) in [4.78, 5) is 28.7. The summed E-state index contributed by atoms with van der Waals surface area (Å²) in [5.74, 6) is -0.0298. The number of carbonyl (C=O) groups excluding carboxylic acids is 1. The number of rotatable bonds is 6. The number of fused-ring (bicyclic) bond motifs is 1. The number of nitrogen functional groups attached to an aromatic ring is 1. The minimum atomic E-state index is -0.599. The molecule has 3 heterocycles. The SMILES string of the molecule is CCOc1ccc(-c2ccc3nc(N)nc(N4CCNCC4C(=O)Nc4cccc(Cl)c4)c3n2)cc1F. The van der Waals surface area contributed by atoms with E-state index in [-0.39, 0.29) is 17.6 Å². The summed E-state index contributed by atoms with van der Waals surface area (Å²) in [6.45, 7) is 3.67. The highest BCUT2D eigenvalue weighted by atomic mass is 35.5. The van der Waals surface area contributed by atoms with E-state index < -0.39 is 11.9 Å². The molecule has 0 bridgehead atoms. The Morgan fingerprint density at radius 1 is 1.22 bits per heavy atom. The first-order valence-corrected chi connectivity index (χ1v) is 12.2. The van der Waals surface area contributed by atoms with Crippen LogP contribution in [-0.2, 0) is 4.79 Å². The van der Waals surface area contributed by atoms with E-state index >= 15 is 0 Å². The van der Waals surface area contributed by atoms with Crippen molar-refractivity contribution >= 4 is 46.0 Å². The van der Waals surface area contributed by atoms with Gasteiger partial charge >= 0.3 is 0 Å². The molecule has 1 amide bonds. The molecule has 1 atom stereocenters. The molecule has 4 aromatic rings. The number of hydrogen-bond donors (Lipinski definition) is 3. The van der Waals surface area contributed by atoms with Crippen molar-refractivity contribution in [2.75, 3.05) is 42.2 Å². The van der Waals surface area contributed by atoms with Gasteiger partial charge in [-0.05, 0) is 55.5 Å². The Bertz CT molecular complexity index is 1470. The summed E-state index contributed by atoms with van der Waals surface area (Å²) >= 11 is 6.08. The van der Waals surface area contributed by atoms with Gasteiger partial charge in [0.05, 0.1) is 17.8 Å². The second-order valence-corrected chi connectivity index (χ2v) is 8.90. The third kappa shape index (κ3) is 5.25. The molecule has 11 heteroatoms. The molecule has 0 saturated carbocycles. The van der Waals surface area contributed by atoms with Gasteiger partial charge in [0.15, 0.2) is 17.4 Å². The quantitative estimate of drug-likeness (QED) is 0.350. The van der Waals surface area contributed by atoms with E-state index in [2.05, 4.69) is 20.6 Å². The van der Waals surface area contributed by atoms with Crippen molar-refractivity contribution in [3.63, 3.8) is 0 Å². The summed E-state index contributed by atoms with van der Waals surface area (Å²) in [6, 6.07) is 14.6. The molecule has 1 saturated heterocycles. The Kier molecular flexibility index (Phi) is 7.02. The van der Waals surface area contributed by atoms with Crippen LogP contribution in [0.4, 0.5) is 21.8 Å². The van der Waals surface area contributed by atoms with E-state index in [1.165, 1.54) is 6.07 Å². The lowest BCUT2D eigenvalue weighted by molar-refractivity contribution is -0.117. The third-order valence-corrected chi connectivity index (χ3v) is 6.21. The minimum absolute atomic E-state index is 0.0664. The van der Waals surface area contributed by atoms with Gasteiger partial charge in [-0.1, -0.05) is 17.7 Å². The van der Waals surface area contributed by atoms with E-state index in [0.29, 0.717) is 65.1 Å². The van der Waals surface area contributed by atoms with Crippen LogP contribution in [0.3, 0.4) is 0 Å². The summed E-state index contributed by atoms with van der Waals surface area (Å²) in [5, 5.41) is 6.70. The molecule has 4 N–H and O–H groups in total. The van der Waals surface area contributed by atoms with Crippen LogP contribution in [0.5, 0.6) is 5.75 Å². The van der Waals surface area contributed by atoms with Gasteiger partial charge in [-0.3, -0.25) is 4.79 Å². The van der Waals surface area contributed by atoms with Crippen LogP contribution in [0.15, 0.2) is 54.6 Å². The molecule has 37 heavy (non-hydrogen) atoms. The van der Waals surface area contributed by atoms with E-state index in [9.17, 15) is 9.18 Å². The molecule has 0 spiro atoms. The number of ether oxygens (including phenoxy) is 1. The van der Waals surface area contributed by atoms with Gasteiger partial charge in [-0.25, -0.2) is 14.4 Å². The van der Waals surface area contributed by atoms with Gasteiger partial charge < -0.3 is 26.0 Å². The first-order chi connectivity index (χ1) is 17.9. The number of nitrogens with one attached hydrogen (secondary N) is 2. The topological polar surface area (TPSA) is 118 Å². The van der Waals surface area contributed by atoms with Gasteiger partial charge in [0, 0.05) is 35.9 Å². The second kappa shape index (κ2) is 10.5. The normalized spacial score (nSPS) is 15.5. The van der Waals surface area contributed by atoms with Crippen molar-refractivity contribution in [2.45, 2.75) is 13.0 Å². The van der Waals surface area contributed by atoms with Crippen LogP contribution in [0.1, 0.15) is 6.92 Å². The molecular formula is C26H25ClFN7O2. The number of carbonyl (C=O) groups is 1. The fourth-order valence-electron chi connectivity index (χ4n) is 4.29. The minimum Gasteiger partial charge on any atom is -0.491 e. The molecule has 1 aliphatic rings. The van der Waals surface area contributed by atoms with Crippen molar-refractivity contribution < 1.29 is 13.9 Å². The average molecular weight is 522 g/mol. The highest BCUT2D eigenvalue weighted by Crippen LogP contribution is 2.30. The molecule has 1 aliphatic heterocycles. The van der Waals surface area contributed by atoms with Gasteiger partial charge in [-0.2, -0.15) is 4.98 Å². The Hall–Kier alpha value is -4.02. The summed E-state index contributed by atoms with van der Waals surface area (Å²) < 4.78 is 19.8. The molecule has 5 rings (SSSR count). The second-order valence-electron chi connectivity index (χ2n) is 8.46. The van der Waals surface area contributed by atoms with Crippen LogP contribution in [0.25, 0.3) is 22.3 Å². The monoisotopic (exact) mass is 521 g/mol. The maximum absolute atomic E-state index is 14.5. The van der Waals surface area contributed by atoms with E-state index in [1.807, 2.05) is 4.90 Å². The van der Waals surface area contributed by atoms with Crippen LogP contribution >= 0.6 is 11.6 Å². The van der Waals surface area contributed by atoms with Crippen LogP contribution in [-0.4, -0.2) is 53.1 Å². The zero-order valence-electron chi connectivity index (χ0n) is 20.0. The Labute approximate surface area is 217 Å². The molecule has 0 aliphatic carbocycles. The maximum atomic E-state index is 14.5. The summed E-state index contributed by atoms with van der Waals surface area (Å²) in [5.41, 5.74) is 8.70. The molecule has 9 nitrogen and oxygen atoms in total. The lowest BCUT2D eigenvalue weighted by Gasteiger charge is -2.36. The molecule has 190 valence electrons. The van der Waals surface area contributed by atoms with Gasteiger partial charge in [0.1, 0.15) is 11.6 Å². The zero-order chi connectivity index (χ0) is 25.9. The van der Waals surface area contributed by atoms with Crippen LogP contribution in [0, 0.1) is 5.82 Å². The van der Waals surface area contributed by atoms with Gasteiger partial charge in [0.25, 0.3) is 0 Å².